The van der Waals surface area contributed by atoms with Crippen molar-refractivity contribution in [2.24, 2.45) is 0 Å². The largest absolute Gasteiger partial charge is 0.484 e. The molecule has 0 unspecified atom stereocenters. The lowest BCUT2D eigenvalue weighted by Crippen LogP contribution is -2.54. The van der Waals surface area contributed by atoms with Crippen molar-refractivity contribution in [1.29, 1.82) is 5.26 Å². The van der Waals surface area contributed by atoms with E-state index in [1.165, 1.54) is 18.3 Å². The van der Waals surface area contributed by atoms with Crippen molar-refractivity contribution in [3.05, 3.63) is 101 Å². The number of anilines is 1. The summed E-state index contributed by atoms with van der Waals surface area (Å²) in [4.78, 5) is 33.1. The number of carbonyl (C=O) groups excluding carboxylic acids is 2. The van der Waals surface area contributed by atoms with Gasteiger partial charge in [-0.05, 0) is 79.9 Å². The van der Waals surface area contributed by atoms with Gasteiger partial charge in [-0.1, -0.05) is 18.7 Å². The smallest absolute Gasteiger partial charge is 0.256 e. The average molecular weight is 542 g/mol. The number of benzene rings is 2. The Hall–Kier alpha value is -4.55. The van der Waals surface area contributed by atoms with E-state index >= 15 is 0 Å². The van der Waals surface area contributed by atoms with Crippen LogP contribution in [0.5, 0.6) is 5.75 Å². The second-order valence-corrected chi connectivity index (χ2v) is 9.94. The second-order valence-electron chi connectivity index (χ2n) is 9.94. The maximum Gasteiger partial charge on any atom is 0.256 e. The highest BCUT2D eigenvalue weighted by Crippen LogP contribution is 2.26. The van der Waals surface area contributed by atoms with Gasteiger partial charge in [0.15, 0.2) is 0 Å². The minimum atomic E-state index is -0.478. The molecule has 2 aromatic carbocycles. The van der Waals surface area contributed by atoms with E-state index in [-0.39, 0.29) is 23.7 Å². The number of aromatic nitrogens is 1. The van der Waals surface area contributed by atoms with Gasteiger partial charge in [-0.15, -0.1) is 0 Å². The lowest BCUT2D eigenvalue weighted by Gasteiger charge is -2.40. The first-order valence-corrected chi connectivity index (χ1v) is 13.0. The van der Waals surface area contributed by atoms with Crippen LogP contribution in [0.3, 0.4) is 0 Å². The average Bonchev–Trinajstić information content (AvgIpc) is 2.95. The molecule has 3 aromatic rings. The topological polar surface area (TPSA) is 98.6 Å². The monoisotopic (exact) mass is 541 g/mol. The number of nitriles is 1. The van der Waals surface area contributed by atoms with Crippen LogP contribution in [0.25, 0.3) is 0 Å². The fraction of sp³-hybridized carbons (Fsp3) is 0.290. The summed E-state index contributed by atoms with van der Waals surface area (Å²) in [5.74, 6) is 0.179. The van der Waals surface area contributed by atoms with E-state index < -0.39 is 6.10 Å². The van der Waals surface area contributed by atoms with Gasteiger partial charge in [0.05, 0.1) is 5.56 Å². The molecule has 0 spiro atoms. The van der Waals surface area contributed by atoms with Crippen molar-refractivity contribution in [3.8, 4) is 11.8 Å². The molecular formula is C31H32FN5O3. The first kappa shape index (κ1) is 28.5. The van der Waals surface area contributed by atoms with E-state index in [0.717, 1.165) is 0 Å². The van der Waals surface area contributed by atoms with Crippen LogP contribution in [0.2, 0.25) is 0 Å². The zero-order valence-electron chi connectivity index (χ0n) is 22.9. The molecule has 9 heteroatoms. The Labute approximate surface area is 233 Å². The fourth-order valence-corrected chi connectivity index (χ4v) is 4.69. The molecule has 1 fully saturated rings. The van der Waals surface area contributed by atoms with Crippen LogP contribution in [0, 0.1) is 31.0 Å². The van der Waals surface area contributed by atoms with Crippen molar-refractivity contribution in [3.63, 3.8) is 0 Å². The molecule has 4 rings (SSSR count). The number of nitrogens with one attached hydrogen (secondary N) is 1. The van der Waals surface area contributed by atoms with Gasteiger partial charge in [0, 0.05) is 44.0 Å². The third-order valence-electron chi connectivity index (χ3n) is 7.00. The quantitative estimate of drug-likeness (QED) is 0.412. The molecule has 8 nitrogen and oxygen atoms in total. The summed E-state index contributed by atoms with van der Waals surface area (Å²) in [6.07, 6.45) is 2.26. The van der Waals surface area contributed by atoms with Gasteiger partial charge in [0.25, 0.3) is 5.91 Å². The summed E-state index contributed by atoms with van der Waals surface area (Å²) in [7, 11) is 0. The van der Waals surface area contributed by atoms with Crippen LogP contribution in [0.4, 0.5) is 10.2 Å². The summed E-state index contributed by atoms with van der Waals surface area (Å²) in [6.45, 7) is 11.4. The van der Waals surface area contributed by atoms with E-state index in [1.54, 1.807) is 55.1 Å². The van der Waals surface area contributed by atoms with Crippen LogP contribution in [-0.4, -0.2) is 58.8 Å². The Balaban J connectivity index is 1.48. The lowest BCUT2D eigenvalue weighted by molar-refractivity contribution is -0.130. The molecule has 2 atom stereocenters. The number of hydrogen-bond donors (Lipinski definition) is 1. The zero-order valence-corrected chi connectivity index (χ0v) is 22.9. The van der Waals surface area contributed by atoms with Crippen LogP contribution in [0.15, 0.2) is 67.4 Å². The van der Waals surface area contributed by atoms with Crippen molar-refractivity contribution in [2.75, 3.05) is 31.5 Å². The molecule has 1 aliphatic heterocycles. The summed E-state index contributed by atoms with van der Waals surface area (Å²) < 4.78 is 20.8. The predicted octanol–water partition coefficient (Wildman–Crippen LogP) is 4.80. The van der Waals surface area contributed by atoms with Gasteiger partial charge in [0.1, 0.15) is 29.6 Å². The number of aryl methyl sites for hydroxylation is 2. The molecule has 1 aromatic heterocycles. The van der Waals surface area contributed by atoms with Crippen molar-refractivity contribution < 1.29 is 18.7 Å². The van der Waals surface area contributed by atoms with E-state index in [4.69, 9.17) is 10.00 Å². The third-order valence-corrected chi connectivity index (χ3v) is 7.00. The first-order chi connectivity index (χ1) is 19.2. The van der Waals surface area contributed by atoms with Crippen molar-refractivity contribution in [2.45, 2.75) is 32.9 Å². The van der Waals surface area contributed by atoms with Gasteiger partial charge < -0.3 is 15.0 Å². The molecule has 0 radical (unpaired) electrons. The summed E-state index contributed by atoms with van der Waals surface area (Å²) in [6, 6.07) is 15.5. The fourth-order valence-electron chi connectivity index (χ4n) is 4.69. The number of ether oxygens (including phenoxy) is 1. The van der Waals surface area contributed by atoms with Gasteiger partial charge in [-0.3, -0.25) is 14.5 Å². The van der Waals surface area contributed by atoms with Crippen LogP contribution >= 0.6 is 0 Å². The summed E-state index contributed by atoms with van der Waals surface area (Å²) in [5.41, 5.74) is 2.76. The minimum Gasteiger partial charge on any atom is -0.484 e. The SMILES string of the molecule is C=CC(=O)N1CCN(C[C@H](Oc2ccc(C(=O)Nc3ncc(C#N)cc3C)cc2)c2ccc(C)c(F)c2)C[C@H]1C. The van der Waals surface area contributed by atoms with Gasteiger partial charge >= 0.3 is 0 Å². The minimum absolute atomic E-state index is 0.00156. The zero-order chi connectivity index (χ0) is 28.8. The normalized spacial score (nSPS) is 16.1. The molecule has 40 heavy (non-hydrogen) atoms. The van der Waals surface area contributed by atoms with E-state index in [1.807, 2.05) is 19.1 Å². The molecule has 2 heterocycles. The standard InChI is InChI=1S/C31H32FN5O3/c1-5-29(38)37-13-12-36(18-22(37)4)19-28(25-7-6-20(2)27(32)15-25)40-26-10-8-24(9-11-26)31(39)35-30-21(3)14-23(16-33)17-34-30/h5-11,14-15,17,22,28H,1,12-13,18-19H2,2-4H3,(H,34,35,39)/t22-,28+/m1/s1. The summed E-state index contributed by atoms with van der Waals surface area (Å²) >= 11 is 0. The number of piperazine rings is 1. The molecule has 2 amide bonds. The Morgan fingerprint density at radius 2 is 1.95 bits per heavy atom. The number of rotatable bonds is 8. The molecule has 0 bridgehead atoms. The maximum atomic E-state index is 14.5. The Morgan fingerprint density at radius 3 is 2.58 bits per heavy atom. The molecule has 0 aliphatic carbocycles. The summed E-state index contributed by atoms with van der Waals surface area (Å²) in [5, 5.41) is 11.8. The van der Waals surface area contributed by atoms with Gasteiger partial charge in [-0.25, -0.2) is 9.37 Å². The highest BCUT2D eigenvalue weighted by molar-refractivity contribution is 6.04. The highest BCUT2D eigenvalue weighted by atomic mass is 19.1. The molecule has 206 valence electrons. The first-order valence-electron chi connectivity index (χ1n) is 13.0. The molecule has 1 N–H and O–H groups in total. The van der Waals surface area contributed by atoms with E-state index in [9.17, 15) is 14.0 Å². The molecular weight excluding hydrogens is 509 g/mol. The third kappa shape index (κ3) is 6.71. The highest BCUT2D eigenvalue weighted by Gasteiger charge is 2.28. The number of pyridine rings is 1. The Kier molecular flexibility index (Phi) is 8.92. The molecule has 1 aliphatic rings. The number of halogens is 1. The predicted molar refractivity (Wildman–Crippen MR) is 150 cm³/mol. The number of hydrogen-bond acceptors (Lipinski definition) is 6. The van der Waals surface area contributed by atoms with Crippen molar-refractivity contribution >= 4 is 17.6 Å². The Morgan fingerprint density at radius 1 is 1.20 bits per heavy atom. The number of amides is 2. The number of carbonyl (C=O) groups is 2. The molecule has 1 saturated heterocycles. The lowest BCUT2D eigenvalue weighted by atomic mass is 10.0. The van der Waals surface area contributed by atoms with Crippen molar-refractivity contribution in [1.82, 2.24) is 14.8 Å². The van der Waals surface area contributed by atoms with Gasteiger partial charge in [-0.2, -0.15) is 5.26 Å². The van der Waals surface area contributed by atoms with Crippen LogP contribution in [-0.2, 0) is 4.79 Å². The Bertz CT molecular complexity index is 1450. The van der Waals surface area contributed by atoms with Gasteiger partial charge in [0.2, 0.25) is 5.91 Å². The van der Waals surface area contributed by atoms with E-state index in [2.05, 4.69) is 21.8 Å². The van der Waals surface area contributed by atoms with E-state index in [0.29, 0.717) is 65.6 Å². The molecule has 0 saturated carbocycles. The van der Waals surface area contributed by atoms with Crippen LogP contribution < -0.4 is 10.1 Å². The second kappa shape index (κ2) is 12.5. The number of nitrogens with zero attached hydrogens (tertiary/aromatic N) is 4. The van der Waals surface area contributed by atoms with Crippen LogP contribution in [0.1, 0.15) is 45.6 Å². The maximum absolute atomic E-state index is 14.5.